The number of benzene rings is 2. The molecule has 0 N–H and O–H groups in total. The number of nitrogens with zero attached hydrogens (tertiary/aromatic N) is 1. The lowest BCUT2D eigenvalue weighted by atomic mass is 10.1. The number of hydrogen-bond acceptors (Lipinski definition) is 1. The van der Waals surface area contributed by atoms with Gasteiger partial charge in [0.15, 0.2) is 0 Å². The fourth-order valence-corrected chi connectivity index (χ4v) is 3.84. The van der Waals surface area contributed by atoms with Crippen molar-refractivity contribution in [1.29, 1.82) is 0 Å². The van der Waals surface area contributed by atoms with Crippen molar-refractivity contribution >= 4 is 21.8 Å². The van der Waals surface area contributed by atoms with Crippen molar-refractivity contribution in [3.8, 4) is 0 Å². The minimum Gasteiger partial charge on any atom is -0.335 e. The topological polar surface area (TPSA) is 20.3 Å². The van der Waals surface area contributed by atoms with Gasteiger partial charge in [-0.1, -0.05) is 40.2 Å². The van der Waals surface area contributed by atoms with Crippen LogP contribution in [0.2, 0.25) is 0 Å². The highest BCUT2D eigenvalue weighted by Gasteiger charge is 2.48. The lowest BCUT2D eigenvalue weighted by molar-refractivity contribution is -0.133. The first kappa shape index (κ1) is 15.8. The van der Waals surface area contributed by atoms with Gasteiger partial charge in [0.05, 0.1) is 0 Å². The Labute approximate surface area is 149 Å². The molecule has 0 unspecified atom stereocenters. The van der Waals surface area contributed by atoms with E-state index in [9.17, 15) is 9.18 Å². The minimum atomic E-state index is -0.223. The summed E-state index contributed by atoms with van der Waals surface area (Å²) < 4.78 is 14.4. The molecular formula is C20H19BrFNO. The van der Waals surface area contributed by atoms with E-state index in [1.54, 1.807) is 12.1 Å². The Kier molecular flexibility index (Phi) is 4.17. The molecule has 0 bridgehead atoms. The highest BCUT2D eigenvalue weighted by molar-refractivity contribution is 9.10. The first-order chi connectivity index (χ1) is 11.6. The molecule has 124 valence electrons. The Morgan fingerprint density at radius 2 is 1.96 bits per heavy atom. The van der Waals surface area contributed by atoms with Gasteiger partial charge in [0, 0.05) is 23.0 Å². The summed E-state index contributed by atoms with van der Waals surface area (Å²) >= 11 is 3.49. The monoisotopic (exact) mass is 387 g/mol. The van der Waals surface area contributed by atoms with Gasteiger partial charge in [-0.15, -0.1) is 0 Å². The zero-order valence-electron chi connectivity index (χ0n) is 13.3. The quantitative estimate of drug-likeness (QED) is 0.715. The fraction of sp³-hybridized carbons (Fsp3) is 0.350. The van der Waals surface area contributed by atoms with Crippen LogP contribution >= 0.6 is 15.9 Å². The zero-order valence-corrected chi connectivity index (χ0v) is 14.9. The predicted molar refractivity (Wildman–Crippen MR) is 95.0 cm³/mol. The van der Waals surface area contributed by atoms with Gasteiger partial charge < -0.3 is 4.90 Å². The summed E-state index contributed by atoms with van der Waals surface area (Å²) in [6.07, 6.45) is 3.03. The third-order valence-electron chi connectivity index (χ3n) is 4.90. The molecule has 0 spiro atoms. The molecule has 4 heteroatoms. The Morgan fingerprint density at radius 3 is 2.67 bits per heavy atom. The maximum Gasteiger partial charge on any atom is 0.226 e. The summed E-state index contributed by atoms with van der Waals surface area (Å²) in [6, 6.07) is 15.2. The number of halogens is 2. The van der Waals surface area contributed by atoms with E-state index in [1.165, 1.54) is 6.07 Å². The molecule has 2 aromatic rings. The van der Waals surface area contributed by atoms with Gasteiger partial charge in [0.25, 0.3) is 0 Å². The number of rotatable bonds is 5. The molecular weight excluding hydrogens is 369 g/mol. The molecule has 24 heavy (non-hydrogen) atoms. The maximum absolute atomic E-state index is 13.4. The summed E-state index contributed by atoms with van der Waals surface area (Å²) in [5, 5.41) is 0. The minimum absolute atomic E-state index is 0.0135. The molecule has 2 saturated carbocycles. The second-order valence-electron chi connectivity index (χ2n) is 6.83. The van der Waals surface area contributed by atoms with Crippen LogP contribution in [-0.4, -0.2) is 16.8 Å². The normalized spacial score (nSPS) is 22.2. The molecule has 0 heterocycles. The first-order valence-corrected chi connectivity index (χ1v) is 9.21. The van der Waals surface area contributed by atoms with E-state index >= 15 is 0 Å². The summed E-state index contributed by atoms with van der Waals surface area (Å²) in [5.41, 5.74) is 2.10. The number of amides is 1. The Hall–Kier alpha value is -1.68. The number of carbonyl (C=O) groups excluding carboxylic acids is 1. The predicted octanol–water partition coefficient (Wildman–Crippen LogP) is 4.88. The summed E-state index contributed by atoms with van der Waals surface area (Å²) in [7, 11) is 0. The van der Waals surface area contributed by atoms with Crippen molar-refractivity contribution in [3.63, 3.8) is 0 Å². The summed E-state index contributed by atoms with van der Waals surface area (Å²) in [5.74, 6) is 0.196. The SMILES string of the molecule is O=C([C@@H]1C[C@@H]1c1cccc(F)c1)N(Cc1cccc(Br)c1)C1CC1. The lowest BCUT2D eigenvalue weighted by Gasteiger charge is -2.23. The lowest BCUT2D eigenvalue weighted by Crippen LogP contribution is -2.34. The van der Waals surface area contributed by atoms with Crippen LogP contribution in [0.1, 0.15) is 36.3 Å². The molecule has 2 aliphatic rings. The smallest absolute Gasteiger partial charge is 0.226 e. The molecule has 2 aliphatic carbocycles. The molecule has 2 atom stereocenters. The van der Waals surface area contributed by atoms with E-state index in [-0.39, 0.29) is 23.6 Å². The van der Waals surface area contributed by atoms with Crippen LogP contribution in [0.15, 0.2) is 53.0 Å². The molecule has 4 rings (SSSR count). The van der Waals surface area contributed by atoms with E-state index in [4.69, 9.17) is 0 Å². The van der Waals surface area contributed by atoms with Crippen molar-refractivity contribution in [2.45, 2.75) is 37.8 Å². The van der Waals surface area contributed by atoms with E-state index in [0.29, 0.717) is 12.6 Å². The average Bonchev–Trinajstić information content (AvgIpc) is 3.46. The Bertz CT molecular complexity index is 774. The van der Waals surface area contributed by atoms with Gasteiger partial charge in [-0.3, -0.25) is 4.79 Å². The number of carbonyl (C=O) groups is 1. The third-order valence-corrected chi connectivity index (χ3v) is 5.39. The average molecular weight is 388 g/mol. The van der Waals surface area contributed by atoms with E-state index in [2.05, 4.69) is 28.1 Å². The van der Waals surface area contributed by atoms with Gasteiger partial charge >= 0.3 is 0 Å². The van der Waals surface area contributed by atoms with Gasteiger partial charge in [0.1, 0.15) is 5.82 Å². The summed E-state index contributed by atoms with van der Waals surface area (Å²) in [6.45, 7) is 0.662. The van der Waals surface area contributed by atoms with Crippen LogP contribution in [0.25, 0.3) is 0 Å². The van der Waals surface area contributed by atoms with Crippen LogP contribution in [0.3, 0.4) is 0 Å². The highest BCUT2D eigenvalue weighted by Crippen LogP contribution is 2.49. The molecule has 2 fully saturated rings. The highest BCUT2D eigenvalue weighted by atomic mass is 79.9. The van der Waals surface area contributed by atoms with E-state index < -0.39 is 0 Å². The van der Waals surface area contributed by atoms with Crippen LogP contribution in [0, 0.1) is 11.7 Å². The Balaban J connectivity index is 1.48. The molecule has 0 saturated heterocycles. The standard InChI is InChI=1S/C20H19BrFNO/c21-15-5-1-3-13(9-15)12-23(17-7-8-17)20(24)19-11-18(19)14-4-2-6-16(22)10-14/h1-6,9-10,17-19H,7-8,11-12H2/t18-,19-/m1/s1. The molecule has 0 aromatic heterocycles. The van der Waals surface area contributed by atoms with Crippen molar-refractivity contribution in [2.75, 3.05) is 0 Å². The zero-order chi connectivity index (χ0) is 16.7. The molecule has 2 aromatic carbocycles. The van der Waals surface area contributed by atoms with Gasteiger partial charge in [-0.05, 0) is 60.6 Å². The first-order valence-electron chi connectivity index (χ1n) is 8.42. The van der Waals surface area contributed by atoms with Crippen molar-refractivity contribution in [2.24, 2.45) is 5.92 Å². The van der Waals surface area contributed by atoms with Gasteiger partial charge in [0.2, 0.25) is 5.91 Å². The molecule has 0 aliphatic heterocycles. The third kappa shape index (κ3) is 3.39. The second-order valence-corrected chi connectivity index (χ2v) is 7.75. The molecule has 1 amide bonds. The van der Waals surface area contributed by atoms with Crippen LogP contribution in [-0.2, 0) is 11.3 Å². The summed E-state index contributed by atoms with van der Waals surface area (Å²) in [4.78, 5) is 15.0. The van der Waals surface area contributed by atoms with Crippen LogP contribution < -0.4 is 0 Å². The van der Waals surface area contributed by atoms with E-state index in [1.807, 2.05) is 23.1 Å². The fourth-order valence-electron chi connectivity index (χ4n) is 3.39. The Morgan fingerprint density at radius 1 is 1.17 bits per heavy atom. The van der Waals surface area contributed by atoms with Crippen molar-refractivity contribution in [3.05, 3.63) is 69.9 Å². The van der Waals surface area contributed by atoms with Crippen LogP contribution in [0.5, 0.6) is 0 Å². The van der Waals surface area contributed by atoms with Gasteiger partial charge in [-0.2, -0.15) is 0 Å². The largest absolute Gasteiger partial charge is 0.335 e. The number of hydrogen-bond donors (Lipinski definition) is 0. The molecule has 2 nitrogen and oxygen atoms in total. The van der Waals surface area contributed by atoms with Gasteiger partial charge in [-0.25, -0.2) is 4.39 Å². The van der Waals surface area contributed by atoms with Crippen LogP contribution in [0.4, 0.5) is 4.39 Å². The van der Waals surface area contributed by atoms with Crippen molar-refractivity contribution in [1.82, 2.24) is 4.90 Å². The second kappa shape index (κ2) is 6.32. The molecule has 0 radical (unpaired) electrons. The van der Waals surface area contributed by atoms with Crippen molar-refractivity contribution < 1.29 is 9.18 Å². The van der Waals surface area contributed by atoms with E-state index in [0.717, 1.165) is 34.9 Å². The maximum atomic E-state index is 13.4.